The maximum atomic E-state index is 11.2. The van der Waals surface area contributed by atoms with Crippen molar-refractivity contribution >= 4 is 5.69 Å². The SMILES string of the molecule is CCC[C@@H](c1ccc(C)c([N+](=O)[O-])c1O)N1CCNCC1. The number of piperazine rings is 1. The summed E-state index contributed by atoms with van der Waals surface area (Å²) in [4.78, 5) is 13.0. The van der Waals surface area contributed by atoms with Crippen molar-refractivity contribution in [1.82, 2.24) is 10.2 Å². The van der Waals surface area contributed by atoms with Crippen molar-refractivity contribution < 1.29 is 10.0 Å². The van der Waals surface area contributed by atoms with Gasteiger partial charge >= 0.3 is 5.69 Å². The van der Waals surface area contributed by atoms with E-state index in [2.05, 4.69) is 17.1 Å². The first-order chi connectivity index (χ1) is 10.1. The fourth-order valence-electron chi connectivity index (χ4n) is 3.00. The van der Waals surface area contributed by atoms with E-state index in [0.717, 1.165) is 39.0 Å². The van der Waals surface area contributed by atoms with Crippen molar-refractivity contribution in [1.29, 1.82) is 0 Å². The lowest BCUT2D eigenvalue weighted by Gasteiger charge is -2.35. The molecule has 1 aliphatic rings. The second kappa shape index (κ2) is 6.87. The smallest absolute Gasteiger partial charge is 0.313 e. The number of nitro groups is 1. The highest BCUT2D eigenvalue weighted by Gasteiger charge is 2.28. The van der Waals surface area contributed by atoms with Crippen molar-refractivity contribution in [3.05, 3.63) is 33.4 Å². The molecule has 1 aromatic carbocycles. The van der Waals surface area contributed by atoms with Crippen molar-refractivity contribution in [2.45, 2.75) is 32.7 Å². The van der Waals surface area contributed by atoms with Gasteiger partial charge in [0.15, 0.2) is 5.75 Å². The van der Waals surface area contributed by atoms with Crippen LogP contribution < -0.4 is 5.32 Å². The van der Waals surface area contributed by atoms with E-state index in [0.29, 0.717) is 11.1 Å². The van der Waals surface area contributed by atoms with Crippen LogP contribution in [-0.2, 0) is 0 Å². The molecule has 0 aliphatic carbocycles. The van der Waals surface area contributed by atoms with Crippen LogP contribution in [0.2, 0.25) is 0 Å². The lowest BCUT2D eigenvalue weighted by Crippen LogP contribution is -2.45. The molecule has 6 heteroatoms. The van der Waals surface area contributed by atoms with Crippen LogP contribution in [0.3, 0.4) is 0 Å². The maximum absolute atomic E-state index is 11.2. The molecule has 2 N–H and O–H groups in total. The van der Waals surface area contributed by atoms with Gasteiger partial charge in [0.1, 0.15) is 0 Å². The molecule has 0 bridgehead atoms. The Bertz CT molecular complexity index is 513. The highest BCUT2D eigenvalue weighted by Crippen LogP contribution is 2.39. The van der Waals surface area contributed by atoms with Crippen LogP contribution >= 0.6 is 0 Å². The fraction of sp³-hybridized carbons (Fsp3) is 0.600. The predicted octanol–water partition coefficient (Wildman–Crippen LogP) is 2.36. The first-order valence-corrected chi connectivity index (χ1v) is 7.47. The average molecular weight is 293 g/mol. The summed E-state index contributed by atoms with van der Waals surface area (Å²) < 4.78 is 0. The molecular weight excluding hydrogens is 270 g/mol. The summed E-state index contributed by atoms with van der Waals surface area (Å²) >= 11 is 0. The zero-order valence-electron chi connectivity index (χ0n) is 12.6. The first kappa shape index (κ1) is 15.7. The minimum Gasteiger partial charge on any atom is -0.502 e. The molecule has 0 aromatic heterocycles. The number of nitrogens with zero attached hydrogens (tertiary/aromatic N) is 2. The van der Waals surface area contributed by atoms with E-state index in [4.69, 9.17) is 0 Å². The quantitative estimate of drug-likeness (QED) is 0.643. The van der Waals surface area contributed by atoms with Gasteiger partial charge in [-0.05, 0) is 13.3 Å². The molecule has 0 unspecified atom stereocenters. The zero-order chi connectivity index (χ0) is 15.4. The van der Waals surface area contributed by atoms with Gasteiger partial charge in [0.25, 0.3) is 0 Å². The summed E-state index contributed by atoms with van der Waals surface area (Å²) in [6, 6.07) is 3.61. The molecule has 1 aliphatic heterocycles. The number of benzene rings is 1. The Labute approximate surface area is 124 Å². The van der Waals surface area contributed by atoms with Gasteiger partial charge in [-0.2, -0.15) is 0 Å². The summed E-state index contributed by atoms with van der Waals surface area (Å²) in [6.07, 6.45) is 1.85. The van der Waals surface area contributed by atoms with Gasteiger partial charge in [0.05, 0.1) is 4.92 Å². The van der Waals surface area contributed by atoms with Crippen LogP contribution in [0.5, 0.6) is 5.75 Å². The number of aryl methyl sites for hydroxylation is 1. The third-order valence-corrected chi connectivity index (χ3v) is 4.08. The molecule has 1 heterocycles. The highest BCUT2D eigenvalue weighted by molar-refractivity contribution is 5.56. The van der Waals surface area contributed by atoms with Crippen LogP contribution in [0, 0.1) is 17.0 Å². The molecular formula is C15H23N3O3. The van der Waals surface area contributed by atoms with Crippen molar-refractivity contribution in [3.63, 3.8) is 0 Å². The van der Waals surface area contributed by atoms with E-state index < -0.39 is 4.92 Å². The Morgan fingerprint density at radius 1 is 1.43 bits per heavy atom. The number of phenolic OH excluding ortho intramolecular Hbond substituents is 1. The van der Waals surface area contributed by atoms with Gasteiger partial charge < -0.3 is 10.4 Å². The van der Waals surface area contributed by atoms with E-state index in [9.17, 15) is 15.2 Å². The number of rotatable bonds is 5. The van der Waals surface area contributed by atoms with Crippen molar-refractivity contribution in [2.24, 2.45) is 0 Å². The minimum absolute atomic E-state index is 0.0383. The predicted molar refractivity (Wildman–Crippen MR) is 81.6 cm³/mol. The average Bonchev–Trinajstić information content (AvgIpc) is 2.46. The number of nitro benzene ring substituents is 1. The third kappa shape index (κ3) is 3.33. The van der Waals surface area contributed by atoms with Gasteiger partial charge in [-0.1, -0.05) is 25.5 Å². The van der Waals surface area contributed by atoms with Gasteiger partial charge in [0.2, 0.25) is 0 Å². The molecule has 1 saturated heterocycles. The van der Waals surface area contributed by atoms with Crippen LogP contribution in [0.4, 0.5) is 5.69 Å². The number of aromatic hydroxyl groups is 1. The Hall–Kier alpha value is -1.66. The number of hydrogen-bond acceptors (Lipinski definition) is 5. The number of nitrogens with one attached hydrogen (secondary N) is 1. The first-order valence-electron chi connectivity index (χ1n) is 7.47. The summed E-state index contributed by atoms with van der Waals surface area (Å²) in [5.41, 5.74) is 1.01. The van der Waals surface area contributed by atoms with Crippen molar-refractivity contribution in [3.8, 4) is 5.75 Å². The molecule has 116 valence electrons. The second-order valence-electron chi connectivity index (χ2n) is 5.52. The van der Waals surface area contributed by atoms with Crippen molar-refractivity contribution in [2.75, 3.05) is 26.2 Å². The molecule has 1 atom stereocenters. The minimum atomic E-state index is -0.491. The van der Waals surface area contributed by atoms with Crippen LogP contribution in [0.1, 0.15) is 36.9 Å². The maximum Gasteiger partial charge on any atom is 0.313 e. The lowest BCUT2D eigenvalue weighted by molar-refractivity contribution is -0.386. The summed E-state index contributed by atoms with van der Waals surface area (Å²) in [5, 5.41) is 24.9. The van der Waals surface area contributed by atoms with E-state index >= 15 is 0 Å². The summed E-state index contributed by atoms with van der Waals surface area (Å²) in [6.45, 7) is 7.36. The monoisotopic (exact) mass is 293 g/mol. The van der Waals surface area contributed by atoms with Crippen LogP contribution in [0.25, 0.3) is 0 Å². The standard InChI is InChI=1S/C15H23N3O3/c1-3-4-13(17-9-7-16-8-10-17)12-6-5-11(2)14(15(12)19)18(20)21/h5-6,13,16,19H,3-4,7-10H2,1-2H3/t13-/m0/s1. The normalized spacial score (nSPS) is 17.6. The summed E-state index contributed by atoms with van der Waals surface area (Å²) in [7, 11) is 0. The van der Waals surface area contributed by atoms with E-state index in [1.165, 1.54) is 0 Å². The third-order valence-electron chi connectivity index (χ3n) is 4.08. The fourth-order valence-corrected chi connectivity index (χ4v) is 3.00. The molecule has 0 spiro atoms. The van der Waals surface area contributed by atoms with Gasteiger partial charge in [-0.15, -0.1) is 0 Å². The van der Waals surface area contributed by atoms with E-state index in [1.807, 2.05) is 6.07 Å². The Morgan fingerprint density at radius 2 is 2.10 bits per heavy atom. The number of phenols is 1. The summed E-state index contributed by atoms with van der Waals surface area (Å²) in [5.74, 6) is -0.169. The van der Waals surface area contributed by atoms with Gasteiger partial charge in [-0.25, -0.2) is 0 Å². The molecule has 2 rings (SSSR count). The van der Waals surface area contributed by atoms with E-state index in [-0.39, 0.29) is 17.5 Å². The zero-order valence-corrected chi connectivity index (χ0v) is 12.6. The molecule has 21 heavy (non-hydrogen) atoms. The van der Waals surface area contributed by atoms with Crippen LogP contribution in [-0.4, -0.2) is 41.1 Å². The van der Waals surface area contributed by atoms with Crippen LogP contribution in [0.15, 0.2) is 12.1 Å². The van der Waals surface area contributed by atoms with Gasteiger partial charge in [0, 0.05) is 43.3 Å². The molecule has 0 radical (unpaired) electrons. The topological polar surface area (TPSA) is 78.6 Å². The molecule has 0 amide bonds. The Kier molecular flexibility index (Phi) is 5.14. The van der Waals surface area contributed by atoms with E-state index in [1.54, 1.807) is 13.0 Å². The molecule has 1 aromatic rings. The number of hydrogen-bond donors (Lipinski definition) is 2. The van der Waals surface area contributed by atoms with Gasteiger partial charge in [-0.3, -0.25) is 15.0 Å². The Morgan fingerprint density at radius 3 is 2.67 bits per heavy atom. The molecule has 0 saturated carbocycles. The molecule has 6 nitrogen and oxygen atoms in total. The largest absolute Gasteiger partial charge is 0.502 e. The Balaban J connectivity index is 2.40. The molecule has 1 fully saturated rings. The lowest BCUT2D eigenvalue weighted by atomic mass is 9.96. The highest BCUT2D eigenvalue weighted by atomic mass is 16.6. The second-order valence-corrected chi connectivity index (χ2v) is 5.52.